The summed E-state index contributed by atoms with van der Waals surface area (Å²) in [4.78, 5) is 0.0351. The van der Waals surface area contributed by atoms with Gasteiger partial charge in [0.15, 0.2) is 0 Å². The molecule has 0 fully saturated rings. The lowest BCUT2D eigenvalue weighted by atomic mass is 10.1. The van der Waals surface area contributed by atoms with Crippen LogP contribution in [0.1, 0.15) is 16.7 Å². The molecule has 2 aromatic rings. The Balaban J connectivity index is 2.43. The highest BCUT2D eigenvalue weighted by atomic mass is 32.2. The third-order valence-electron chi connectivity index (χ3n) is 3.16. The number of aryl methyl sites for hydroxylation is 2. The molecular formula is C15H15N3O2S. The molecule has 0 heterocycles. The molecule has 0 saturated heterocycles. The van der Waals surface area contributed by atoms with E-state index < -0.39 is 10.0 Å². The summed E-state index contributed by atoms with van der Waals surface area (Å²) in [5, 5.41) is 8.84. The standard InChI is InChI=1S/C15H15N3O2S/c1-10-6-14(17)15(7-11(10)2)21(19,20)18-13-5-3-4-12(8-13)9-16/h3-8,18H,17H2,1-2H3. The van der Waals surface area contributed by atoms with Gasteiger partial charge in [0.2, 0.25) is 0 Å². The molecule has 2 rings (SSSR count). The van der Waals surface area contributed by atoms with Crippen LogP contribution < -0.4 is 10.5 Å². The van der Waals surface area contributed by atoms with Crippen molar-refractivity contribution in [3.05, 3.63) is 53.1 Å². The fourth-order valence-electron chi connectivity index (χ4n) is 1.91. The van der Waals surface area contributed by atoms with Crippen LogP contribution in [0.15, 0.2) is 41.3 Å². The Morgan fingerprint density at radius 3 is 2.48 bits per heavy atom. The molecular weight excluding hydrogens is 286 g/mol. The van der Waals surface area contributed by atoms with Gasteiger partial charge in [-0.2, -0.15) is 5.26 Å². The molecule has 0 unspecified atom stereocenters. The van der Waals surface area contributed by atoms with Gasteiger partial charge in [-0.1, -0.05) is 6.07 Å². The van der Waals surface area contributed by atoms with Crippen molar-refractivity contribution in [2.24, 2.45) is 0 Å². The second kappa shape index (κ2) is 5.46. The van der Waals surface area contributed by atoms with Crippen LogP contribution in [0.4, 0.5) is 11.4 Å². The summed E-state index contributed by atoms with van der Waals surface area (Å²) in [5.74, 6) is 0. The van der Waals surface area contributed by atoms with Crippen molar-refractivity contribution >= 4 is 21.4 Å². The highest BCUT2D eigenvalue weighted by molar-refractivity contribution is 7.92. The Labute approximate surface area is 124 Å². The van der Waals surface area contributed by atoms with E-state index in [4.69, 9.17) is 11.0 Å². The Bertz CT molecular complexity index is 836. The van der Waals surface area contributed by atoms with Gasteiger partial charge in [0, 0.05) is 0 Å². The molecule has 0 radical (unpaired) electrons. The number of sulfonamides is 1. The summed E-state index contributed by atoms with van der Waals surface area (Å²) in [5.41, 5.74) is 8.49. The number of nitriles is 1. The smallest absolute Gasteiger partial charge is 0.263 e. The van der Waals surface area contributed by atoms with Crippen molar-refractivity contribution in [1.29, 1.82) is 5.26 Å². The van der Waals surface area contributed by atoms with E-state index in [0.29, 0.717) is 11.3 Å². The van der Waals surface area contributed by atoms with E-state index in [1.165, 1.54) is 6.07 Å². The molecule has 3 N–H and O–H groups in total. The molecule has 21 heavy (non-hydrogen) atoms. The summed E-state index contributed by atoms with van der Waals surface area (Å²) in [6.07, 6.45) is 0. The Morgan fingerprint density at radius 2 is 1.81 bits per heavy atom. The van der Waals surface area contributed by atoms with Crippen molar-refractivity contribution in [2.75, 3.05) is 10.5 Å². The van der Waals surface area contributed by atoms with Crippen molar-refractivity contribution in [1.82, 2.24) is 0 Å². The first kappa shape index (κ1) is 14.9. The maximum absolute atomic E-state index is 12.4. The van der Waals surface area contributed by atoms with Gasteiger partial charge in [-0.05, 0) is 55.3 Å². The SMILES string of the molecule is Cc1cc(N)c(S(=O)(=O)Nc2cccc(C#N)c2)cc1C. The van der Waals surface area contributed by atoms with E-state index in [9.17, 15) is 8.42 Å². The van der Waals surface area contributed by atoms with Crippen LogP contribution in [0.3, 0.4) is 0 Å². The summed E-state index contributed by atoms with van der Waals surface area (Å²) < 4.78 is 27.3. The number of nitrogens with zero attached hydrogens (tertiary/aromatic N) is 1. The van der Waals surface area contributed by atoms with Gasteiger partial charge in [-0.15, -0.1) is 0 Å². The number of hydrogen-bond donors (Lipinski definition) is 2. The first-order chi connectivity index (χ1) is 9.83. The molecule has 0 aliphatic carbocycles. The van der Waals surface area contributed by atoms with Gasteiger partial charge in [0.1, 0.15) is 4.90 Å². The molecule has 0 saturated carbocycles. The van der Waals surface area contributed by atoms with Gasteiger partial charge in [-0.25, -0.2) is 8.42 Å². The van der Waals surface area contributed by atoms with Crippen LogP contribution in [0.25, 0.3) is 0 Å². The lowest BCUT2D eigenvalue weighted by Gasteiger charge is -2.12. The van der Waals surface area contributed by atoms with Crippen LogP contribution in [0.2, 0.25) is 0 Å². The van der Waals surface area contributed by atoms with Gasteiger partial charge >= 0.3 is 0 Å². The highest BCUT2D eigenvalue weighted by Crippen LogP contribution is 2.25. The fourth-order valence-corrected chi connectivity index (χ4v) is 3.16. The van der Waals surface area contributed by atoms with Crippen molar-refractivity contribution < 1.29 is 8.42 Å². The van der Waals surface area contributed by atoms with Crippen LogP contribution in [-0.4, -0.2) is 8.42 Å². The van der Waals surface area contributed by atoms with Crippen molar-refractivity contribution in [3.63, 3.8) is 0 Å². The average Bonchev–Trinajstić information content (AvgIpc) is 2.42. The lowest BCUT2D eigenvalue weighted by molar-refractivity contribution is 0.601. The van der Waals surface area contributed by atoms with Crippen molar-refractivity contribution in [2.45, 2.75) is 18.7 Å². The van der Waals surface area contributed by atoms with E-state index in [0.717, 1.165) is 11.1 Å². The summed E-state index contributed by atoms with van der Waals surface area (Å²) >= 11 is 0. The number of benzene rings is 2. The summed E-state index contributed by atoms with van der Waals surface area (Å²) in [7, 11) is -3.79. The maximum Gasteiger partial charge on any atom is 0.263 e. The molecule has 0 bridgehead atoms. The number of nitrogens with two attached hydrogens (primary N) is 1. The lowest BCUT2D eigenvalue weighted by Crippen LogP contribution is -2.15. The van der Waals surface area contributed by atoms with E-state index in [1.54, 1.807) is 30.3 Å². The average molecular weight is 301 g/mol. The van der Waals surface area contributed by atoms with Gasteiger partial charge in [-0.3, -0.25) is 4.72 Å². The second-order valence-electron chi connectivity index (χ2n) is 4.77. The second-order valence-corrected chi connectivity index (χ2v) is 6.42. The predicted octanol–water partition coefficient (Wildman–Crippen LogP) is 2.56. The number of rotatable bonds is 3. The van der Waals surface area contributed by atoms with E-state index in [-0.39, 0.29) is 10.6 Å². The molecule has 0 atom stereocenters. The monoisotopic (exact) mass is 301 g/mol. The van der Waals surface area contributed by atoms with Gasteiger partial charge < -0.3 is 5.73 Å². The normalized spacial score (nSPS) is 10.9. The number of hydrogen-bond acceptors (Lipinski definition) is 4. The van der Waals surface area contributed by atoms with E-state index >= 15 is 0 Å². The third-order valence-corrected chi connectivity index (χ3v) is 4.60. The Morgan fingerprint density at radius 1 is 1.14 bits per heavy atom. The minimum atomic E-state index is -3.79. The number of nitrogens with one attached hydrogen (secondary N) is 1. The zero-order valence-electron chi connectivity index (χ0n) is 11.7. The molecule has 0 spiro atoms. The van der Waals surface area contributed by atoms with Crippen molar-refractivity contribution in [3.8, 4) is 6.07 Å². The molecule has 0 aliphatic heterocycles. The molecule has 0 aromatic heterocycles. The quantitative estimate of drug-likeness (QED) is 0.851. The zero-order chi connectivity index (χ0) is 15.6. The number of anilines is 2. The molecule has 0 aliphatic rings. The topological polar surface area (TPSA) is 96.0 Å². The van der Waals surface area contributed by atoms with Gasteiger partial charge in [0.25, 0.3) is 10.0 Å². The van der Waals surface area contributed by atoms with Crippen LogP contribution in [-0.2, 0) is 10.0 Å². The maximum atomic E-state index is 12.4. The van der Waals surface area contributed by atoms with Crippen LogP contribution in [0, 0.1) is 25.2 Å². The predicted molar refractivity (Wildman–Crippen MR) is 82.3 cm³/mol. The van der Waals surface area contributed by atoms with E-state index in [2.05, 4.69) is 4.72 Å². The third kappa shape index (κ3) is 3.15. The highest BCUT2D eigenvalue weighted by Gasteiger charge is 2.18. The summed E-state index contributed by atoms with van der Waals surface area (Å²) in [6, 6.07) is 11.4. The zero-order valence-corrected chi connectivity index (χ0v) is 12.5. The molecule has 5 nitrogen and oxygen atoms in total. The molecule has 0 amide bonds. The number of nitrogen functional groups attached to an aromatic ring is 1. The Hall–Kier alpha value is -2.52. The van der Waals surface area contributed by atoms with Gasteiger partial charge in [0.05, 0.1) is 23.0 Å². The molecule has 6 heteroatoms. The minimum Gasteiger partial charge on any atom is -0.398 e. The van der Waals surface area contributed by atoms with E-state index in [1.807, 2.05) is 19.9 Å². The fraction of sp³-hybridized carbons (Fsp3) is 0.133. The minimum absolute atomic E-state index is 0.0351. The Kier molecular flexibility index (Phi) is 3.87. The van der Waals surface area contributed by atoms with Crippen LogP contribution in [0.5, 0.6) is 0 Å². The first-order valence-electron chi connectivity index (χ1n) is 6.23. The molecule has 2 aromatic carbocycles. The summed E-state index contributed by atoms with van der Waals surface area (Å²) in [6.45, 7) is 3.69. The largest absolute Gasteiger partial charge is 0.398 e. The molecule has 108 valence electrons. The van der Waals surface area contributed by atoms with Crippen LogP contribution >= 0.6 is 0 Å². The first-order valence-corrected chi connectivity index (χ1v) is 7.71.